The van der Waals surface area contributed by atoms with Gasteiger partial charge in [0.1, 0.15) is 0 Å². The maximum absolute atomic E-state index is 3.11. The van der Waals surface area contributed by atoms with Gasteiger partial charge in [0.05, 0.1) is 0 Å². The van der Waals surface area contributed by atoms with E-state index in [1.807, 2.05) is 6.07 Å². The molecular formula is C10H8. The van der Waals surface area contributed by atoms with Gasteiger partial charge in [0, 0.05) is 0 Å². The molecule has 0 nitrogen and oxygen atoms in total. The maximum atomic E-state index is 3.11. The Balaban J connectivity index is 2.47. The lowest BCUT2D eigenvalue weighted by atomic mass is 9.97. The highest BCUT2D eigenvalue weighted by atomic mass is 14.1. The molecule has 0 spiro atoms. The third kappa shape index (κ3) is 0.860. The van der Waals surface area contributed by atoms with Gasteiger partial charge in [-0.05, 0) is 36.1 Å². The van der Waals surface area contributed by atoms with E-state index in [4.69, 9.17) is 0 Å². The van der Waals surface area contributed by atoms with Crippen LogP contribution in [-0.4, -0.2) is 0 Å². The predicted molar refractivity (Wildman–Crippen MR) is 40.7 cm³/mol. The zero-order valence-corrected chi connectivity index (χ0v) is 5.72. The Kier molecular flexibility index (Phi) is 1.31. The normalized spacial score (nSPS) is 14.8. The van der Waals surface area contributed by atoms with Crippen molar-refractivity contribution in [2.24, 2.45) is 0 Å². The van der Waals surface area contributed by atoms with Crippen LogP contribution >= 0.6 is 0 Å². The summed E-state index contributed by atoms with van der Waals surface area (Å²) in [7, 11) is 0. The van der Waals surface area contributed by atoms with Gasteiger partial charge in [-0.1, -0.05) is 24.3 Å². The average Bonchev–Trinajstić information content (AvgIpc) is 2.05. The van der Waals surface area contributed by atoms with Gasteiger partial charge in [-0.25, -0.2) is 0 Å². The summed E-state index contributed by atoms with van der Waals surface area (Å²) in [5, 5.41) is 0. The molecule has 0 saturated carbocycles. The van der Waals surface area contributed by atoms with Gasteiger partial charge in [-0.15, -0.1) is 0 Å². The topological polar surface area (TPSA) is 0 Å². The lowest BCUT2D eigenvalue weighted by molar-refractivity contribution is 1.09. The van der Waals surface area contributed by atoms with Gasteiger partial charge >= 0.3 is 0 Å². The highest BCUT2D eigenvalue weighted by Gasteiger charge is 2.01. The summed E-state index contributed by atoms with van der Waals surface area (Å²) in [4.78, 5) is 0. The molecule has 10 heavy (non-hydrogen) atoms. The van der Waals surface area contributed by atoms with Gasteiger partial charge in [-0.2, -0.15) is 0 Å². The van der Waals surface area contributed by atoms with E-state index in [2.05, 4.69) is 30.4 Å². The van der Waals surface area contributed by atoms with Crippen molar-refractivity contribution >= 4 is 0 Å². The largest absolute Gasteiger partial charge is 0.0838 e. The second-order valence-corrected chi connectivity index (χ2v) is 2.49. The molecule has 0 heteroatoms. The van der Waals surface area contributed by atoms with Crippen molar-refractivity contribution in [3.63, 3.8) is 0 Å². The monoisotopic (exact) mass is 128 g/mol. The van der Waals surface area contributed by atoms with Crippen molar-refractivity contribution in [2.45, 2.75) is 12.8 Å². The lowest BCUT2D eigenvalue weighted by Gasteiger charge is -2.07. The first-order valence-corrected chi connectivity index (χ1v) is 3.52. The Morgan fingerprint density at radius 3 is 3.00 bits per heavy atom. The molecule has 1 aliphatic rings. The van der Waals surface area contributed by atoms with Gasteiger partial charge in [0.15, 0.2) is 0 Å². The first-order valence-electron chi connectivity index (χ1n) is 3.52. The smallest absolute Gasteiger partial charge is 0.00578 e. The molecule has 48 valence electrons. The van der Waals surface area contributed by atoms with E-state index in [9.17, 15) is 0 Å². The van der Waals surface area contributed by atoms with Crippen LogP contribution in [0, 0.1) is 12.1 Å². The Morgan fingerprint density at radius 1 is 1.20 bits per heavy atom. The summed E-state index contributed by atoms with van der Waals surface area (Å²) >= 11 is 0. The highest BCUT2D eigenvalue weighted by Crippen LogP contribution is 2.14. The van der Waals surface area contributed by atoms with Gasteiger partial charge in [0.25, 0.3) is 0 Å². The summed E-state index contributed by atoms with van der Waals surface area (Å²) in [5.41, 5.74) is 2.71. The van der Waals surface area contributed by atoms with Gasteiger partial charge in [0.2, 0.25) is 0 Å². The van der Waals surface area contributed by atoms with E-state index in [1.54, 1.807) is 0 Å². The number of fused-ring (bicyclic) bond motifs is 1. The molecule has 1 aromatic rings. The molecule has 2 rings (SSSR count). The third-order valence-electron chi connectivity index (χ3n) is 1.80. The Bertz CT molecular complexity index is 231. The maximum Gasteiger partial charge on any atom is -0.00578 e. The quantitative estimate of drug-likeness (QED) is 0.468. The van der Waals surface area contributed by atoms with Crippen LogP contribution < -0.4 is 0 Å². The lowest BCUT2D eigenvalue weighted by Crippen LogP contribution is -1.95. The van der Waals surface area contributed by atoms with Crippen LogP contribution in [0.3, 0.4) is 0 Å². The molecule has 0 aromatic heterocycles. The fourth-order valence-corrected chi connectivity index (χ4v) is 1.24. The molecule has 0 N–H and O–H groups in total. The van der Waals surface area contributed by atoms with Gasteiger partial charge < -0.3 is 0 Å². The van der Waals surface area contributed by atoms with E-state index in [0.717, 1.165) is 12.8 Å². The Hall–Kier alpha value is -1.04. The molecule has 0 unspecified atom stereocenters. The van der Waals surface area contributed by atoms with Crippen LogP contribution in [0.1, 0.15) is 11.1 Å². The van der Waals surface area contributed by atoms with Crippen molar-refractivity contribution in [1.29, 1.82) is 0 Å². The molecule has 0 amide bonds. The van der Waals surface area contributed by atoms with Crippen LogP contribution in [0.15, 0.2) is 24.3 Å². The summed E-state index contributed by atoms with van der Waals surface area (Å²) in [6.07, 6.45) is 6.50. The van der Waals surface area contributed by atoms with Crippen LogP contribution in [0.5, 0.6) is 0 Å². The van der Waals surface area contributed by atoms with Crippen LogP contribution in [-0.2, 0) is 12.8 Å². The summed E-state index contributed by atoms with van der Waals surface area (Å²) < 4.78 is 0. The van der Waals surface area contributed by atoms with E-state index in [1.165, 1.54) is 11.1 Å². The first kappa shape index (κ1) is 5.72. The molecule has 1 aromatic carbocycles. The highest BCUT2D eigenvalue weighted by molar-refractivity contribution is 5.32. The fourth-order valence-electron chi connectivity index (χ4n) is 1.24. The van der Waals surface area contributed by atoms with Crippen molar-refractivity contribution < 1.29 is 0 Å². The second-order valence-electron chi connectivity index (χ2n) is 2.49. The van der Waals surface area contributed by atoms with Crippen molar-refractivity contribution in [2.75, 3.05) is 0 Å². The molecule has 0 saturated heterocycles. The number of hydrogen-bond acceptors (Lipinski definition) is 0. The van der Waals surface area contributed by atoms with Crippen LogP contribution in [0.4, 0.5) is 0 Å². The molecule has 0 heterocycles. The Morgan fingerprint density at radius 2 is 2.10 bits per heavy atom. The van der Waals surface area contributed by atoms with E-state index in [-0.39, 0.29) is 0 Å². The predicted octanol–water partition coefficient (Wildman–Crippen LogP) is 1.94. The van der Waals surface area contributed by atoms with Crippen molar-refractivity contribution in [1.82, 2.24) is 0 Å². The first-order chi connectivity index (χ1) is 4.97. The average molecular weight is 128 g/mol. The standard InChI is InChI=1S/C10H8/c1-2-6-10-8-4-3-7-9(10)5-1/h1-3,7H,5-6H2. The van der Waals surface area contributed by atoms with Crippen LogP contribution in [0.25, 0.3) is 0 Å². The molecule has 0 atom stereocenters. The molecule has 1 aliphatic carbocycles. The van der Waals surface area contributed by atoms with E-state index in [0.29, 0.717) is 0 Å². The molecule has 0 bridgehead atoms. The SMILES string of the molecule is [c]1[c]c2c(cc1)CC=CC2. The molecular weight excluding hydrogens is 120 g/mol. The minimum absolute atomic E-state index is 1.03. The number of benzene rings is 1. The molecule has 0 fully saturated rings. The van der Waals surface area contributed by atoms with E-state index < -0.39 is 0 Å². The summed E-state index contributed by atoms with van der Waals surface area (Å²) in [5.74, 6) is 0. The van der Waals surface area contributed by atoms with Crippen molar-refractivity contribution in [3.8, 4) is 0 Å². The zero-order chi connectivity index (χ0) is 6.81. The number of allylic oxidation sites excluding steroid dienone is 2. The number of rotatable bonds is 0. The Labute approximate surface area is 61.2 Å². The summed E-state index contributed by atoms with van der Waals surface area (Å²) in [6, 6.07) is 10.1. The minimum Gasteiger partial charge on any atom is -0.0838 e. The van der Waals surface area contributed by atoms with E-state index >= 15 is 0 Å². The minimum atomic E-state index is 1.03. The van der Waals surface area contributed by atoms with Gasteiger partial charge in [-0.3, -0.25) is 0 Å². The fraction of sp³-hybridized carbons (Fsp3) is 0.200. The number of hydrogen-bond donors (Lipinski definition) is 0. The van der Waals surface area contributed by atoms with Crippen molar-refractivity contribution in [3.05, 3.63) is 47.5 Å². The second kappa shape index (κ2) is 2.30. The zero-order valence-electron chi connectivity index (χ0n) is 5.72. The van der Waals surface area contributed by atoms with Crippen LogP contribution in [0.2, 0.25) is 0 Å². The molecule has 2 radical (unpaired) electrons. The summed E-state index contributed by atoms with van der Waals surface area (Å²) in [6.45, 7) is 0. The third-order valence-corrected chi connectivity index (χ3v) is 1.80. The molecule has 0 aliphatic heterocycles.